The van der Waals surface area contributed by atoms with Crippen molar-refractivity contribution in [3.05, 3.63) is 12.2 Å². The van der Waals surface area contributed by atoms with Gasteiger partial charge in [-0.15, -0.1) is 0 Å². The Labute approximate surface area is 56.4 Å². The first-order valence-electron chi connectivity index (χ1n) is 3.36. The fourth-order valence-corrected chi connectivity index (χ4v) is 1.02. The van der Waals surface area contributed by atoms with E-state index < -0.39 is 5.60 Å². The van der Waals surface area contributed by atoms with E-state index in [-0.39, 0.29) is 5.41 Å². The Balaban J connectivity index is 2.84. The largest absolute Gasteiger partial charge is 0.386 e. The SMILES string of the molecule is CC1(C)CC=C[C@@]1(C)O. The standard InChI is InChI=1S/C8H14O/c1-7(2)5-4-6-8(7,3)9/h4,6,9H,5H2,1-3H3/t8-/m1/s1. The third-order valence-electron chi connectivity index (χ3n) is 2.44. The Bertz CT molecular complexity index is 143. The predicted octanol–water partition coefficient (Wildman–Crippen LogP) is 1.72. The number of hydrogen-bond donors (Lipinski definition) is 1. The van der Waals surface area contributed by atoms with Gasteiger partial charge in [0.05, 0.1) is 5.60 Å². The van der Waals surface area contributed by atoms with Gasteiger partial charge in [0.1, 0.15) is 0 Å². The molecular formula is C8H14O. The molecular weight excluding hydrogens is 112 g/mol. The molecule has 0 saturated carbocycles. The monoisotopic (exact) mass is 126 g/mol. The van der Waals surface area contributed by atoms with Crippen LogP contribution in [0.2, 0.25) is 0 Å². The van der Waals surface area contributed by atoms with E-state index >= 15 is 0 Å². The van der Waals surface area contributed by atoms with Crippen LogP contribution in [0, 0.1) is 5.41 Å². The van der Waals surface area contributed by atoms with Crippen LogP contribution < -0.4 is 0 Å². The smallest absolute Gasteiger partial charge is 0.0853 e. The quantitative estimate of drug-likeness (QED) is 0.490. The summed E-state index contributed by atoms with van der Waals surface area (Å²) < 4.78 is 0. The summed E-state index contributed by atoms with van der Waals surface area (Å²) in [5, 5.41) is 9.64. The van der Waals surface area contributed by atoms with Gasteiger partial charge in [-0.1, -0.05) is 26.0 Å². The number of aliphatic hydroxyl groups is 1. The maximum atomic E-state index is 9.64. The van der Waals surface area contributed by atoms with Crippen LogP contribution in [0.15, 0.2) is 12.2 Å². The summed E-state index contributed by atoms with van der Waals surface area (Å²) >= 11 is 0. The zero-order valence-electron chi connectivity index (χ0n) is 6.31. The zero-order valence-corrected chi connectivity index (χ0v) is 6.31. The van der Waals surface area contributed by atoms with Crippen molar-refractivity contribution in [2.45, 2.75) is 32.8 Å². The summed E-state index contributed by atoms with van der Waals surface area (Å²) in [6.45, 7) is 6.01. The normalized spacial score (nSPS) is 39.6. The van der Waals surface area contributed by atoms with Crippen molar-refractivity contribution >= 4 is 0 Å². The summed E-state index contributed by atoms with van der Waals surface area (Å²) in [4.78, 5) is 0. The molecule has 52 valence electrons. The van der Waals surface area contributed by atoms with Gasteiger partial charge in [-0.2, -0.15) is 0 Å². The molecule has 0 heterocycles. The average molecular weight is 126 g/mol. The van der Waals surface area contributed by atoms with Gasteiger partial charge < -0.3 is 5.11 Å². The van der Waals surface area contributed by atoms with Gasteiger partial charge in [-0.25, -0.2) is 0 Å². The van der Waals surface area contributed by atoms with Gasteiger partial charge in [-0.3, -0.25) is 0 Å². The number of rotatable bonds is 0. The van der Waals surface area contributed by atoms with Gasteiger partial charge in [0.25, 0.3) is 0 Å². The molecule has 0 unspecified atom stereocenters. The summed E-state index contributed by atoms with van der Waals surface area (Å²) in [5.74, 6) is 0. The fraction of sp³-hybridized carbons (Fsp3) is 0.750. The minimum atomic E-state index is -0.590. The van der Waals surface area contributed by atoms with Gasteiger partial charge in [0.2, 0.25) is 0 Å². The summed E-state index contributed by atoms with van der Waals surface area (Å²) in [7, 11) is 0. The third-order valence-corrected chi connectivity index (χ3v) is 2.44. The van der Waals surface area contributed by atoms with E-state index in [1.54, 1.807) is 0 Å². The van der Waals surface area contributed by atoms with Gasteiger partial charge in [0, 0.05) is 5.41 Å². The molecule has 1 aliphatic rings. The van der Waals surface area contributed by atoms with Crippen LogP contribution in [0.3, 0.4) is 0 Å². The topological polar surface area (TPSA) is 20.2 Å². The van der Waals surface area contributed by atoms with Gasteiger partial charge >= 0.3 is 0 Å². The molecule has 0 fully saturated rings. The second kappa shape index (κ2) is 1.60. The molecule has 1 N–H and O–H groups in total. The molecule has 1 nitrogen and oxygen atoms in total. The van der Waals surface area contributed by atoms with Crippen molar-refractivity contribution in [1.82, 2.24) is 0 Å². The molecule has 0 amide bonds. The van der Waals surface area contributed by atoms with E-state index in [0.717, 1.165) is 6.42 Å². The Morgan fingerprint density at radius 1 is 1.33 bits per heavy atom. The van der Waals surface area contributed by atoms with E-state index in [1.807, 2.05) is 19.1 Å². The van der Waals surface area contributed by atoms with Crippen molar-refractivity contribution < 1.29 is 5.11 Å². The summed E-state index contributed by atoms with van der Waals surface area (Å²) in [6, 6.07) is 0. The van der Waals surface area contributed by atoms with Gasteiger partial charge in [0.15, 0.2) is 0 Å². The second-order valence-corrected chi connectivity index (χ2v) is 3.64. The number of hydrogen-bond acceptors (Lipinski definition) is 1. The van der Waals surface area contributed by atoms with Crippen molar-refractivity contribution in [3.63, 3.8) is 0 Å². The lowest BCUT2D eigenvalue weighted by Gasteiger charge is -2.32. The summed E-state index contributed by atoms with van der Waals surface area (Å²) in [6.07, 6.45) is 4.91. The van der Waals surface area contributed by atoms with E-state index in [4.69, 9.17) is 0 Å². The molecule has 1 aliphatic carbocycles. The lowest BCUT2D eigenvalue weighted by molar-refractivity contribution is 0.00575. The molecule has 0 aromatic rings. The lowest BCUT2D eigenvalue weighted by atomic mass is 9.79. The first-order chi connectivity index (χ1) is 3.96. The molecule has 1 heteroatoms. The first kappa shape index (κ1) is 6.81. The minimum Gasteiger partial charge on any atom is -0.386 e. The Kier molecular flexibility index (Phi) is 1.21. The second-order valence-electron chi connectivity index (χ2n) is 3.64. The van der Waals surface area contributed by atoms with Crippen LogP contribution in [0.1, 0.15) is 27.2 Å². The van der Waals surface area contributed by atoms with Crippen molar-refractivity contribution in [3.8, 4) is 0 Å². The average Bonchev–Trinajstić information content (AvgIpc) is 1.81. The maximum Gasteiger partial charge on any atom is 0.0853 e. The molecule has 1 rings (SSSR count). The minimum absolute atomic E-state index is 0.0347. The highest BCUT2D eigenvalue weighted by molar-refractivity contribution is 5.14. The molecule has 0 spiro atoms. The predicted molar refractivity (Wildman–Crippen MR) is 38.2 cm³/mol. The summed E-state index contributed by atoms with van der Waals surface area (Å²) in [5.41, 5.74) is -0.556. The number of allylic oxidation sites excluding steroid dienone is 1. The van der Waals surface area contributed by atoms with E-state index in [2.05, 4.69) is 13.8 Å². The third kappa shape index (κ3) is 0.897. The van der Waals surface area contributed by atoms with E-state index in [9.17, 15) is 5.11 Å². The molecule has 0 aromatic carbocycles. The van der Waals surface area contributed by atoms with E-state index in [1.165, 1.54) is 0 Å². The Hall–Kier alpha value is -0.300. The molecule has 0 saturated heterocycles. The Morgan fingerprint density at radius 2 is 1.89 bits per heavy atom. The molecule has 0 aromatic heterocycles. The molecule has 0 bridgehead atoms. The molecule has 0 radical (unpaired) electrons. The van der Waals surface area contributed by atoms with Crippen LogP contribution in [-0.2, 0) is 0 Å². The lowest BCUT2D eigenvalue weighted by Crippen LogP contribution is -2.35. The van der Waals surface area contributed by atoms with Crippen LogP contribution >= 0.6 is 0 Å². The van der Waals surface area contributed by atoms with Crippen molar-refractivity contribution in [1.29, 1.82) is 0 Å². The van der Waals surface area contributed by atoms with Crippen molar-refractivity contribution in [2.24, 2.45) is 5.41 Å². The highest BCUT2D eigenvalue weighted by atomic mass is 16.3. The molecule has 9 heavy (non-hydrogen) atoms. The van der Waals surface area contributed by atoms with Crippen LogP contribution in [0.4, 0.5) is 0 Å². The van der Waals surface area contributed by atoms with Crippen LogP contribution in [0.25, 0.3) is 0 Å². The van der Waals surface area contributed by atoms with Crippen LogP contribution in [-0.4, -0.2) is 10.7 Å². The van der Waals surface area contributed by atoms with E-state index in [0.29, 0.717) is 0 Å². The van der Waals surface area contributed by atoms with Crippen LogP contribution in [0.5, 0.6) is 0 Å². The zero-order chi connectivity index (χ0) is 7.12. The highest BCUT2D eigenvalue weighted by Gasteiger charge is 2.39. The fourth-order valence-electron chi connectivity index (χ4n) is 1.02. The molecule has 0 aliphatic heterocycles. The Morgan fingerprint density at radius 3 is 2.00 bits per heavy atom. The van der Waals surface area contributed by atoms with Crippen molar-refractivity contribution in [2.75, 3.05) is 0 Å². The highest BCUT2D eigenvalue weighted by Crippen LogP contribution is 2.40. The maximum absolute atomic E-state index is 9.64. The molecule has 1 atom stereocenters. The van der Waals surface area contributed by atoms with Gasteiger partial charge in [-0.05, 0) is 13.3 Å². The first-order valence-corrected chi connectivity index (χ1v) is 3.36.